The molecule has 17 heteroatoms. The van der Waals surface area contributed by atoms with Crippen molar-refractivity contribution >= 4 is 23.9 Å². The van der Waals surface area contributed by atoms with E-state index in [9.17, 15) is 29.4 Å². The van der Waals surface area contributed by atoms with Gasteiger partial charge in [-0.05, 0) is 38.7 Å². The predicted octanol–water partition coefficient (Wildman–Crippen LogP) is 2.89. The third kappa shape index (κ3) is 4.17. The number of fused-ring (bicyclic) bond motifs is 2. The van der Waals surface area contributed by atoms with Crippen LogP contribution in [-0.4, -0.2) is 114 Å². The predicted molar refractivity (Wildman–Crippen MR) is 188 cm³/mol. The third-order valence-electron chi connectivity index (χ3n) is 15.3. The van der Waals surface area contributed by atoms with Crippen molar-refractivity contribution in [2.45, 2.75) is 145 Å². The van der Waals surface area contributed by atoms with Crippen LogP contribution in [0.5, 0.6) is 0 Å². The molecule has 10 unspecified atom stereocenters. The van der Waals surface area contributed by atoms with Gasteiger partial charge in [0.25, 0.3) is 11.9 Å². The smallest absolute Gasteiger partial charge is 0.333 e. The lowest BCUT2D eigenvalue weighted by Gasteiger charge is -2.78. The molecular weight excluding hydrogens is 752 g/mol. The van der Waals surface area contributed by atoms with Crippen molar-refractivity contribution < 1.29 is 81.2 Å². The first-order valence-corrected chi connectivity index (χ1v) is 19.1. The van der Waals surface area contributed by atoms with Gasteiger partial charge in [0.1, 0.15) is 35.1 Å². The van der Waals surface area contributed by atoms with Crippen LogP contribution in [0, 0.1) is 22.2 Å². The number of methoxy groups -OCH3 is 3. The van der Waals surface area contributed by atoms with E-state index >= 15 is 0 Å². The van der Waals surface area contributed by atoms with Gasteiger partial charge in [-0.15, -0.1) is 0 Å². The molecule has 4 bridgehead atoms. The van der Waals surface area contributed by atoms with Crippen LogP contribution >= 0.6 is 0 Å². The number of allylic oxidation sites excluding steroid dienone is 1. The highest BCUT2D eigenvalue weighted by molar-refractivity contribution is 5.88. The summed E-state index contributed by atoms with van der Waals surface area (Å²) in [6.45, 7) is 12.6. The summed E-state index contributed by atoms with van der Waals surface area (Å²) >= 11 is 0. The highest BCUT2D eigenvalue weighted by Gasteiger charge is 3.07. The molecule has 4 aliphatic carbocycles. The fourth-order valence-electron chi connectivity index (χ4n) is 13.3. The Bertz CT molecular complexity index is 1950. The molecule has 4 saturated carbocycles. The van der Waals surface area contributed by atoms with Crippen LogP contribution < -0.4 is 0 Å². The summed E-state index contributed by atoms with van der Waals surface area (Å²) < 4.78 is 69.8. The second kappa shape index (κ2) is 11.9. The SMILES string of the molecule is C/C=C(/C)C(=O)O[C@@H]1C23O[C@](C)(OC)OC2C24OC5(C)OC2(C(O)C[C@@](C)([C@@H](OC(C)=O)c2ccoc2)C4(CC(=O)OC)O5)C2(C)C(CC(=O)OC)[C@@]1(C)CC32O. The molecule has 7 fully saturated rings. The highest BCUT2D eigenvalue weighted by Crippen LogP contribution is 2.90. The second-order valence-electron chi connectivity index (χ2n) is 17.7. The molecule has 314 valence electrons. The number of furan rings is 1. The number of aliphatic hydroxyl groups excluding tert-OH is 1. The zero-order chi connectivity index (χ0) is 41.8. The maximum Gasteiger partial charge on any atom is 0.333 e. The molecule has 17 nitrogen and oxygen atoms in total. The van der Waals surface area contributed by atoms with Crippen LogP contribution in [0.25, 0.3) is 0 Å². The maximum absolute atomic E-state index is 14.1. The van der Waals surface area contributed by atoms with Crippen molar-refractivity contribution in [2.75, 3.05) is 21.3 Å². The van der Waals surface area contributed by atoms with E-state index in [1.165, 1.54) is 54.6 Å². The van der Waals surface area contributed by atoms with Crippen molar-refractivity contribution in [3.63, 3.8) is 0 Å². The Morgan fingerprint density at radius 2 is 1.63 bits per heavy atom. The molecular formula is C40H52O17. The van der Waals surface area contributed by atoms with Crippen molar-refractivity contribution in [3.8, 4) is 0 Å². The first-order chi connectivity index (χ1) is 26.5. The summed E-state index contributed by atoms with van der Waals surface area (Å²) in [5.74, 6) is -8.01. The van der Waals surface area contributed by atoms with E-state index in [0.717, 1.165) is 0 Å². The minimum Gasteiger partial charge on any atom is -0.472 e. The van der Waals surface area contributed by atoms with Crippen LogP contribution in [0.4, 0.5) is 0 Å². The lowest BCUT2D eigenvalue weighted by Crippen LogP contribution is -2.97. The number of hydrogen-bond donors (Lipinski definition) is 2. The van der Waals surface area contributed by atoms with Gasteiger partial charge in [0.2, 0.25) is 0 Å². The van der Waals surface area contributed by atoms with Crippen LogP contribution in [0.15, 0.2) is 34.7 Å². The zero-order valence-electron chi connectivity index (χ0n) is 34.0. The van der Waals surface area contributed by atoms with E-state index < -0.39 is 117 Å². The average Bonchev–Trinajstić information content (AvgIpc) is 3.97. The number of hydrogen-bond acceptors (Lipinski definition) is 17. The summed E-state index contributed by atoms with van der Waals surface area (Å²) in [6.07, 6.45) is -3.09. The highest BCUT2D eigenvalue weighted by atomic mass is 17.0. The Morgan fingerprint density at radius 3 is 2.21 bits per heavy atom. The molecule has 2 spiro atoms. The molecule has 0 aromatic carbocycles. The van der Waals surface area contributed by atoms with Crippen LogP contribution in [-0.2, 0) is 66.5 Å². The normalized spacial score (nSPS) is 50.2. The Labute approximate surface area is 329 Å². The average molecular weight is 805 g/mol. The first-order valence-electron chi connectivity index (χ1n) is 19.1. The number of ether oxygens (including phenoxy) is 10. The van der Waals surface area contributed by atoms with E-state index in [2.05, 4.69) is 0 Å². The topological polar surface area (TPSA) is 214 Å². The lowest BCUT2D eigenvalue weighted by atomic mass is 9.32. The Hall–Kier alpha value is -3.42. The molecule has 3 aliphatic heterocycles. The zero-order valence-corrected chi connectivity index (χ0v) is 34.0. The summed E-state index contributed by atoms with van der Waals surface area (Å²) in [4.78, 5) is 54.8. The monoisotopic (exact) mass is 804 g/mol. The Kier molecular flexibility index (Phi) is 8.40. The quantitative estimate of drug-likeness (QED) is 0.198. The molecule has 3 saturated heterocycles. The van der Waals surface area contributed by atoms with Crippen molar-refractivity contribution in [1.82, 2.24) is 0 Å². The van der Waals surface area contributed by atoms with E-state index in [0.29, 0.717) is 5.56 Å². The fraction of sp³-hybridized carbons (Fsp3) is 0.750. The molecule has 8 rings (SSSR count). The number of rotatable bonds is 10. The minimum atomic E-state index is -2.27. The number of aliphatic hydroxyl groups is 2. The molecule has 2 N–H and O–H groups in total. The van der Waals surface area contributed by atoms with Gasteiger partial charge in [-0.3, -0.25) is 14.4 Å². The van der Waals surface area contributed by atoms with Gasteiger partial charge < -0.3 is 62.0 Å². The maximum atomic E-state index is 14.1. The molecule has 1 aromatic rings. The van der Waals surface area contributed by atoms with Gasteiger partial charge in [-0.2, -0.15) is 0 Å². The van der Waals surface area contributed by atoms with Gasteiger partial charge >= 0.3 is 23.9 Å². The van der Waals surface area contributed by atoms with Crippen molar-refractivity contribution in [3.05, 3.63) is 35.8 Å². The van der Waals surface area contributed by atoms with Gasteiger partial charge in [0, 0.05) is 61.7 Å². The molecule has 0 radical (unpaired) electrons. The lowest BCUT2D eigenvalue weighted by molar-refractivity contribution is -0.468. The van der Waals surface area contributed by atoms with E-state index in [4.69, 9.17) is 51.8 Å². The van der Waals surface area contributed by atoms with E-state index in [1.807, 2.05) is 0 Å². The summed E-state index contributed by atoms with van der Waals surface area (Å²) in [6, 6.07) is 1.59. The molecule has 57 heavy (non-hydrogen) atoms. The van der Waals surface area contributed by atoms with Crippen LogP contribution in [0.3, 0.4) is 0 Å². The van der Waals surface area contributed by atoms with Crippen LogP contribution in [0.2, 0.25) is 0 Å². The van der Waals surface area contributed by atoms with Gasteiger partial charge in [-0.1, -0.05) is 26.8 Å². The molecule has 4 heterocycles. The molecule has 0 amide bonds. The number of esters is 4. The molecule has 1 aromatic heterocycles. The second-order valence-corrected chi connectivity index (χ2v) is 17.7. The van der Waals surface area contributed by atoms with Crippen molar-refractivity contribution in [1.29, 1.82) is 0 Å². The fourth-order valence-corrected chi connectivity index (χ4v) is 13.3. The molecule has 15 atom stereocenters. The van der Waals surface area contributed by atoms with Gasteiger partial charge in [-0.25, -0.2) is 4.79 Å². The van der Waals surface area contributed by atoms with E-state index in [1.54, 1.807) is 46.8 Å². The summed E-state index contributed by atoms with van der Waals surface area (Å²) in [7, 11) is 3.76. The standard InChI is InChI=1S/C40H52O17/c1-12-20(2)28(45)52-29-31(4)19-36(46)33(6,23(31)15-25(43)47-9)39-24(42)16-32(5,27(51-21(3)41)22-13-14-50-18-22)37(17-26(44)48-10)40(39,57-35(8,54-37)56-39)30-38(29,36)55-34(7,49-11)53-30/h12-14,18,23-24,27,29-30,42,46H,15-17,19H2,1-11H3/b20-12-/t23?,24?,27-,29-,30?,31+,32-,33?,34+,35?,36?,37?,38?,39?,40?/m0/s1. The Morgan fingerprint density at radius 1 is 0.965 bits per heavy atom. The number of carbonyl (C=O) groups excluding carboxylic acids is 4. The summed E-state index contributed by atoms with van der Waals surface area (Å²) in [5.41, 5.74) is -15.0. The minimum absolute atomic E-state index is 0.150. The van der Waals surface area contributed by atoms with Crippen LogP contribution in [0.1, 0.15) is 92.7 Å². The van der Waals surface area contributed by atoms with Crippen molar-refractivity contribution in [2.24, 2.45) is 22.2 Å². The van der Waals surface area contributed by atoms with Gasteiger partial charge in [0.15, 0.2) is 11.2 Å². The largest absolute Gasteiger partial charge is 0.472 e. The Balaban J connectivity index is 1.53. The molecule has 7 aliphatic rings. The summed E-state index contributed by atoms with van der Waals surface area (Å²) in [5, 5.41) is 27.3. The third-order valence-corrected chi connectivity index (χ3v) is 15.3. The number of carbonyl (C=O) groups is 4. The van der Waals surface area contributed by atoms with E-state index in [-0.39, 0.29) is 24.8 Å². The first kappa shape index (κ1) is 40.4. The van der Waals surface area contributed by atoms with Gasteiger partial charge in [0.05, 0.1) is 39.3 Å².